The smallest absolute Gasteiger partial charge is 0.233 e. The maximum Gasteiger partial charge on any atom is 0.233 e. The number of thioether (sulfide) groups is 1. The minimum absolute atomic E-state index is 0.195. The maximum absolute atomic E-state index is 12.8. The summed E-state index contributed by atoms with van der Waals surface area (Å²) in [6.07, 6.45) is 5.16. The number of pyridine rings is 1. The third-order valence-electron chi connectivity index (χ3n) is 5.23. The molecule has 3 heterocycles. The van der Waals surface area contributed by atoms with Crippen LogP contribution in [0, 0.1) is 0 Å². The number of piperidine rings is 1. The Bertz CT molecular complexity index is 911. The predicted molar refractivity (Wildman–Crippen MR) is 110 cm³/mol. The van der Waals surface area contributed by atoms with Crippen molar-refractivity contribution in [1.29, 1.82) is 0 Å². The fourth-order valence-corrected chi connectivity index (χ4v) is 4.75. The number of likely N-dealkylation sites (tertiary alicyclic amines) is 1. The van der Waals surface area contributed by atoms with Crippen LogP contribution >= 0.6 is 11.8 Å². The molecule has 1 aliphatic heterocycles. The highest BCUT2D eigenvalue weighted by Crippen LogP contribution is 2.30. The molecule has 3 aromatic rings. The fourth-order valence-electron chi connectivity index (χ4n) is 3.88. The van der Waals surface area contributed by atoms with Crippen LogP contribution in [0.15, 0.2) is 47.6 Å². The average molecular weight is 381 g/mol. The van der Waals surface area contributed by atoms with Crippen LogP contribution in [0.2, 0.25) is 0 Å². The van der Waals surface area contributed by atoms with Gasteiger partial charge in [-0.15, -0.1) is 0 Å². The van der Waals surface area contributed by atoms with Crippen molar-refractivity contribution in [2.45, 2.75) is 50.2 Å². The number of aromatic amines is 1. The van der Waals surface area contributed by atoms with Crippen molar-refractivity contribution in [1.82, 2.24) is 19.9 Å². The number of H-pyrrole nitrogens is 1. The molecule has 0 spiro atoms. The van der Waals surface area contributed by atoms with Gasteiger partial charge in [-0.1, -0.05) is 23.9 Å². The van der Waals surface area contributed by atoms with E-state index in [0.717, 1.165) is 40.3 Å². The molecule has 140 valence electrons. The third-order valence-corrected chi connectivity index (χ3v) is 6.22. The summed E-state index contributed by atoms with van der Waals surface area (Å²) in [6.45, 7) is 4.30. The number of para-hydroxylation sites is 2. The van der Waals surface area contributed by atoms with E-state index in [1.807, 2.05) is 36.4 Å². The van der Waals surface area contributed by atoms with Gasteiger partial charge in [-0.2, -0.15) is 0 Å². The van der Waals surface area contributed by atoms with Crippen LogP contribution in [0.3, 0.4) is 0 Å². The Morgan fingerprint density at radius 1 is 1.19 bits per heavy atom. The molecule has 1 fully saturated rings. The number of carbonyl (C=O) groups is 1. The van der Waals surface area contributed by atoms with Crippen molar-refractivity contribution in [3.63, 3.8) is 0 Å². The summed E-state index contributed by atoms with van der Waals surface area (Å²) in [7, 11) is 0. The molecule has 0 radical (unpaired) electrons. The van der Waals surface area contributed by atoms with Crippen LogP contribution in [-0.4, -0.2) is 43.6 Å². The second-order valence-corrected chi connectivity index (χ2v) is 8.14. The molecule has 0 aliphatic carbocycles. The molecule has 0 bridgehead atoms. The second kappa shape index (κ2) is 7.72. The molecular formula is C21H24N4OS. The van der Waals surface area contributed by atoms with E-state index in [4.69, 9.17) is 0 Å². The van der Waals surface area contributed by atoms with E-state index in [0.29, 0.717) is 17.8 Å². The summed E-state index contributed by atoms with van der Waals surface area (Å²) in [5, 5.41) is 0.835. The molecule has 5 nitrogen and oxygen atoms in total. The van der Waals surface area contributed by atoms with Gasteiger partial charge in [0.1, 0.15) is 10.9 Å². The highest BCUT2D eigenvalue weighted by molar-refractivity contribution is 8.00. The van der Waals surface area contributed by atoms with Crippen LogP contribution in [0.1, 0.15) is 33.1 Å². The minimum Gasteiger partial charge on any atom is -0.338 e. The number of carbonyl (C=O) groups excluding carboxylic acids is 1. The number of fused-ring (bicyclic) bond motifs is 1. The predicted octanol–water partition coefficient (Wildman–Crippen LogP) is 4.51. The van der Waals surface area contributed by atoms with Crippen LogP contribution in [0.4, 0.5) is 0 Å². The minimum atomic E-state index is 0.195. The molecule has 1 aromatic carbocycles. The van der Waals surface area contributed by atoms with E-state index >= 15 is 0 Å². The highest BCUT2D eigenvalue weighted by Gasteiger charge is 2.28. The van der Waals surface area contributed by atoms with Gasteiger partial charge in [0.25, 0.3) is 0 Å². The standard InChI is InChI=1S/C21H24N4OS/c1-14-7-5-8-15(2)25(14)19(26)13-27-21-16(9-6-12-22-21)20-23-17-10-3-4-11-18(17)24-20/h3-4,6,9-12,14-15H,5,7-8,13H2,1-2H3,(H,23,24)/t14-,15-/m0/s1. The molecule has 2 atom stereocenters. The SMILES string of the molecule is C[C@H]1CCC[C@H](C)N1C(=O)CSc1ncccc1-c1nc2ccccc2[nH]1. The summed E-state index contributed by atoms with van der Waals surface area (Å²) in [4.78, 5) is 27.4. The zero-order valence-electron chi connectivity index (χ0n) is 15.7. The zero-order chi connectivity index (χ0) is 18.8. The lowest BCUT2D eigenvalue weighted by atomic mass is 9.98. The molecule has 1 amide bonds. The Labute approximate surface area is 163 Å². The van der Waals surface area contributed by atoms with Gasteiger partial charge >= 0.3 is 0 Å². The zero-order valence-corrected chi connectivity index (χ0v) is 16.5. The first-order chi connectivity index (χ1) is 13.1. The number of aromatic nitrogens is 3. The van der Waals surface area contributed by atoms with Gasteiger partial charge in [-0.25, -0.2) is 9.97 Å². The van der Waals surface area contributed by atoms with Crippen LogP contribution < -0.4 is 0 Å². The van der Waals surface area contributed by atoms with E-state index < -0.39 is 0 Å². The van der Waals surface area contributed by atoms with Gasteiger partial charge in [0.15, 0.2) is 0 Å². The molecule has 4 rings (SSSR count). The number of nitrogens with zero attached hydrogens (tertiary/aromatic N) is 3. The van der Waals surface area contributed by atoms with Crippen LogP contribution in [-0.2, 0) is 4.79 Å². The summed E-state index contributed by atoms with van der Waals surface area (Å²) in [6, 6.07) is 12.5. The molecule has 1 saturated heterocycles. The monoisotopic (exact) mass is 380 g/mol. The largest absolute Gasteiger partial charge is 0.338 e. The molecule has 1 aliphatic rings. The summed E-state index contributed by atoms with van der Waals surface area (Å²) in [5.41, 5.74) is 2.87. The second-order valence-electron chi connectivity index (χ2n) is 7.18. The number of nitrogens with one attached hydrogen (secondary N) is 1. The Balaban J connectivity index is 1.54. The van der Waals surface area contributed by atoms with Crippen molar-refractivity contribution in [3.8, 4) is 11.4 Å². The van der Waals surface area contributed by atoms with Crippen molar-refractivity contribution < 1.29 is 4.79 Å². The number of hydrogen-bond donors (Lipinski definition) is 1. The van der Waals surface area contributed by atoms with Crippen molar-refractivity contribution in [3.05, 3.63) is 42.6 Å². The molecular weight excluding hydrogens is 356 g/mol. The number of imidazole rings is 1. The summed E-state index contributed by atoms with van der Waals surface area (Å²) >= 11 is 1.50. The Hall–Kier alpha value is -2.34. The number of rotatable bonds is 4. The molecule has 0 unspecified atom stereocenters. The lowest BCUT2D eigenvalue weighted by molar-refractivity contribution is -0.134. The van der Waals surface area contributed by atoms with Crippen molar-refractivity contribution >= 4 is 28.7 Å². The number of amides is 1. The highest BCUT2D eigenvalue weighted by atomic mass is 32.2. The first-order valence-electron chi connectivity index (χ1n) is 9.47. The quantitative estimate of drug-likeness (QED) is 0.677. The molecule has 6 heteroatoms. The normalized spacial score (nSPS) is 20.1. The lowest BCUT2D eigenvalue weighted by Crippen LogP contribution is -2.48. The number of hydrogen-bond acceptors (Lipinski definition) is 4. The van der Waals surface area contributed by atoms with Gasteiger partial charge in [0.2, 0.25) is 5.91 Å². The third kappa shape index (κ3) is 3.72. The van der Waals surface area contributed by atoms with Crippen molar-refractivity contribution in [2.75, 3.05) is 5.75 Å². The topological polar surface area (TPSA) is 61.9 Å². The van der Waals surface area contributed by atoms with E-state index in [1.54, 1.807) is 6.20 Å². The van der Waals surface area contributed by atoms with Gasteiger partial charge in [-0.05, 0) is 57.4 Å². The molecule has 1 N–H and O–H groups in total. The van der Waals surface area contributed by atoms with Crippen LogP contribution in [0.5, 0.6) is 0 Å². The average Bonchev–Trinajstić information content (AvgIpc) is 3.10. The Kier molecular flexibility index (Phi) is 5.16. The van der Waals surface area contributed by atoms with E-state index in [9.17, 15) is 4.79 Å². The molecule has 2 aromatic heterocycles. The summed E-state index contributed by atoms with van der Waals surface area (Å²) in [5.74, 6) is 1.39. The van der Waals surface area contributed by atoms with Gasteiger partial charge in [-0.3, -0.25) is 4.79 Å². The molecule has 0 saturated carbocycles. The maximum atomic E-state index is 12.8. The molecule has 27 heavy (non-hydrogen) atoms. The van der Waals surface area contributed by atoms with Gasteiger partial charge in [0.05, 0.1) is 16.8 Å². The Morgan fingerprint density at radius 3 is 2.74 bits per heavy atom. The van der Waals surface area contributed by atoms with Gasteiger partial charge < -0.3 is 9.88 Å². The lowest BCUT2D eigenvalue weighted by Gasteiger charge is -2.39. The van der Waals surface area contributed by atoms with E-state index in [1.165, 1.54) is 18.2 Å². The first kappa shape index (κ1) is 18.0. The van der Waals surface area contributed by atoms with Crippen LogP contribution in [0.25, 0.3) is 22.4 Å². The number of benzene rings is 1. The van der Waals surface area contributed by atoms with Gasteiger partial charge in [0, 0.05) is 23.8 Å². The first-order valence-corrected chi connectivity index (χ1v) is 10.5. The van der Waals surface area contributed by atoms with Crippen molar-refractivity contribution in [2.24, 2.45) is 0 Å². The summed E-state index contributed by atoms with van der Waals surface area (Å²) < 4.78 is 0. The van der Waals surface area contributed by atoms with E-state index in [-0.39, 0.29) is 5.91 Å². The Morgan fingerprint density at radius 2 is 1.96 bits per heavy atom. The van der Waals surface area contributed by atoms with E-state index in [2.05, 4.69) is 33.7 Å². The fraction of sp³-hybridized carbons (Fsp3) is 0.381.